The fourth-order valence-corrected chi connectivity index (χ4v) is 5.79. The third-order valence-electron chi connectivity index (χ3n) is 7.40. The van der Waals surface area contributed by atoms with Crippen LogP contribution in [0.1, 0.15) is 71.2 Å². The van der Waals surface area contributed by atoms with Crippen LogP contribution in [0.2, 0.25) is 0 Å². The molecule has 1 fully saturated rings. The van der Waals surface area contributed by atoms with E-state index in [2.05, 4.69) is 4.72 Å². The van der Waals surface area contributed by atoms with Gasteiger partial charge in [-0.3, -0.25) is 4.79 Å². The maximum Gasteiger partial charge on any atom is 0.407 e. The van der Waals surface area contributed by atoms with Gasteiger partial charge in [-0.05, 0) is 65.5 Å². The maximum atomic E-state index is 12.7. The first-order valence-electron chi connectivity index (χ1n) is 13.6. The number of nitrogens with zero attached hydrogens (tertiary/aromatic N) is 1. The minimum atomic E-state index is -3.66. The van der Waals surface area contributed by atoms with E-state index in [0.717, 1.165) is 54.2 Å². The van der Waals surface area contributed by atoms with Crippen LogP contribution in [0.15, 0.2) is 72.8 Å². The van der Waals surface area contributed by atoms with E-state index in [1.807, 2.05) is 54.6 Å². The van der Waals surface area contributed by atoms with Crippen molar-refractivity contribution in [1.29, 1.82) is 0 Å². The highest BCUT2D eigenvalue weighted by atomic mass is 32.2. The van der Waals surface area contributed by atoms with Gasteiger partial charge in [0, 0.05) is 12.1 Å². The molecule has 0 heterocycles. The van der Waals surface area contributed by atoms with Gasteiger partial charge in [-0.1, -0.05) is 79.6 Å². The molecule has 0 aliphatic heterocycles. The lowest BCUT2D eigenvalue weighted by molar-refractivity contribution is 0.0962. The number of aliphatic hydroxyl groups is 1. The second-order valence-corrected chi connectivity index (χ2v) is 12.2. The van der Waals surface area contributed by atoms with Gasteiger partial charge < -0.3 is 15.1 Å². The predicted molar refractivity (Wildman–Crippen MR) is 155 cm³/mol. The summed E-state index contributed by atoms with van der Waals surface area (Å²) in [5.74, 6) is -0.380. The van der Waals surface area contributed by atoms with Gasteiger partial charge in [0.05, 0.1) is 18.9 Å². The zero-order valence-corrected chi connectivity index (χ0v) is 23.4. The van der Waals surface area contributed by atoms with E-state index in [1.54, 1.807) is 18.2 Å². The summed E-state index contributed by atoms with van der Waals surface area (Å²) in [5.41, 5.74) is 4.97. The van der Waals surface area contributed by atoms with Crippen LogP contribution in [-0.4, -0.2) is 54.9 Å². The molecule has 1 aliphatic rings. The number of benzene rings is 3. The number of aliphatic hydroxyl groups excluding tert-OH is 1. The predicted octanol–water partition coefficient (Wildman–Crippen LogP) is 5.35. The zero-order valence-electron chi connectivity index (χ0n) is 22.6. The molecule has 1 saturated carbocycles. The molecule has 3 aromatic rings. The van der Waals surface area contributed by atoms with E-state index in [-0.39, 0.29) is 12.5 Å². The van der Waals surface area contributed by atoms with E-state index in [4.69, 9.17) is 0 Å². The van der Waals surface area contributed by atoms with Gasteiger partial charge in [0.25, 0.3) is 5.91 Å². The Morgan fingerprint density at radius 3 is 2.25 bits per heavy atom. The summed E-state index contributed by atoms with van der Waals surface area (Å²) in [6.45, 7) is 0.322. The Hall–Kier alpha value is -3.69. The number of nitrogens with one attached hydrogen (secondary N) is 1. The summed E-state index contributed by atoms with van der Waals surface area (Å²) in [4.78, 5) is 25.7. The van der Waals surface area contributed by atoms with E-state index < -0.39 is 28.1 Å². The molecular weight excluding hydrogens is 528 g/mol. The molecule has 0 spiro atoms. The topological polar surface area (TPSA) is 124 Å². The zero-order chi connectivity index (χ0) is 28.7. The third kappa shape index (κ3) is 7.92. The van der Waals surface area contributed by atoms with Gasteiger partial charge in [-0.25, -0.2) is 17.9 Å². The molecule has 0 bridgehead atoms. The highest BCUT2D eigenvalue weighted by Crippen LogP contribution is 2.38. The van der Waals surface area contributed by atoms with E-state index >= 15 is 0 Å². The van der Waals surface area contributed by atoms with E-state index in [0.29, 0.717) is 30.5 Å². The Labute approximate surface area is 235 Å². The summed E-state index contributed by atoms with van der Waals surface area (Å²) >= 11 is 0. The molecule has 8 nitrogen and oxygen atoms in total. The van der Waals surface area contributed by atoms with Crippen molar-refractivity contribution in [2.45, 2.75) is 50.5 Å². The lowest BCUT2D eigenvalue weighted by Gasteiger charge is -2.22. The number of hydrogen-bond acceptors (Lipinski definition) is 5. The lowest BCUT2D eigenvalue weighted by Crippen LogP contribution is -2.34. The quantitative estimate of drug-likeness (QED) is 0.289. The molecule has 212 valence electrons. The Balaban J connectivity index is 1.41. The molecule has 0 aromatic heterocycles. The molecule has 4 rings (SSSR count). The van der Waals surface area contributed by atoms with Crippen LogP contribution >= 0.6 is 0 Å². The van der Waals surface area contributed by atoms with E-state index in [1.165, 1.54) is 4.90 Å². The van der Waals surface area contributed by atoms with Gasteiger partial charge in [0.1, 0.15) is 0 Å². The number of carboxylic acid groups (broad SMARTS) is 1. The molecule has 3 N–H and O–H groups in total. The molecule has 0 radical (unpaired) electrons. The molecule has 2 amide bonds. The molecule has 40 heavy (non-hydrogen) atoms. The van der Waals surface area contributed by atoms with Crippen LogP contribution in [0.3, 0.4) is 0 Å². The molecule has 1 atom stereocenters. The summed E-state index contributed by atoms with van der Waals surface area (Å²) in [6.07, 6.45) is 4.44. The smallest absolute Gasteiger partial charge is 0.407 e. The first kappa shape index (κ1) is 29.3. The largest absolute Gasteiger partial charge is 0.465 e. The van der Waals surface area contributed by atoms with Crippen molar-refractivity contribution < 1.29 is 28.2 Å². The number of carbonyl (C=O) groups excluding carboxylic acids is 1. The lowest BCUT2D eigenvalue weighted by atomic mass is 9.89. The standard InChI is InChI=1S/C31H36N2O6S/c1-40(38,39)32-30(35)27-18-17-26(20-28(27)24-9-5-6-10-24)23-15-13-22(14-16-23)8-7-19-33(31(36)37)21-29(34)25-11-3-2-4-12-25/h2-4,11-18,20,24,29,34H,5-10,19,21H2,1H3,(H,32,35)(H,36,37)/t29-/m1/s1. The van der Waals surface area contributed by atoms with Gasteiger partial charge in [-0.2, -0.15) is 0 Å². The average molecular weight is 565 g/mol. The van der Waals surface area contributed by atoms with E-state index in [9.17, 15) is 28.2 Å². The molecule has 9 heteroatoms. The number of rotatable bonds is 11. The fourth-order valence-electron chi connectivity index (χ4n) is 5.34. The van der Waals surface area contributed by atoms with Crippen molar-refractivity contribution in [3.05, 3.63) is 95.1 Å². The Morgan fingerprint density at radius 1 is 0.975 bits per heavy atom. The van der Waals surface area contributed by atoms with Crippen molar-refractivity contribution in [3.63, 3.8) is 0 Å². The minimum absolute atomic E-state index is 0.0137. The summed E-state index contributed by atoms with van der Waals surface area (Å²) < 4.78 is 25.4. The van der Waals surface area contributed by atoms with Gasteiger partial charge in [-0.15, -0.1) is 0 Å². The van der Waals surface area contributed by atoms with Crippen molar-refractivity contribution in [2.75, 3.05) is 19.3 Å². The maximum absolute atomic E-state index is 12.7. The Bertz CT molecular complexity index is 1420. The second kappa shape index (κ2) is 13.1. The van der Waals surface area contributed by atoms with Crippen LogP contribution < -0.4 is 4.72 Å². The summed E-state index contributed by atoms with van der Waals surface area (Å²) in [7, 11) is -3.66. The Kier molecular flexibility index (Phi) is 9.60. The monoisotopic (exact) mass is 564 g/mol. The second-order valence-electron chi connectivity index (χ2n) is 10.4. The Morgan fingerprint density at radius 2 is 1.62 bits per heavy atom. The van der Waals surface area contributed by atoms with Crippen LogP contribution in [0, 0.1) is 0 Å². The number of aryl methyl sites for hydroxylation is 1. The van der Waals surface area contributed by atoms with Crippen molar-refractivity contribution in [2.24, 2.45) is 0 Å². The molecule has 1 aliphatic carbocycles. The number of sulfonamides is 1. The van der Waals surface area contributed by atoms with Crippen LogP contribution in [0.25, 0.3) is 11.1 Å². The number of carbonyl (C=O) groups is 2. The average Bonchev–Trinajstić information content (AvgIpc) is 3.47. The normalized spacial score (nSPS) is 14.6. The molecular formula is C31H36N2O6S. The van der Waals surface area contributed by atoms with Crippen molar-refractivity contribution in [1.82, 2.24) is 9.62 Å². The first-order chi connectivity index (χ1) is 19.1. The van der Waals surface area contributed by atoms with Gasteiger partial charge in [0.15, 0.2) is 0 Å². The minimum Gasteiger partial charge on any atom is -0.465 e. The van der Waals surface area contributed by atoms with Crippen LogP contribution in [-0.2, 0) is 16.4 Å². The highest BCUT2D eigenvalue weighted by Gasteiger charge is 2.24. The SMILES string of the molecule is CS(=O)(=O)NC(=O)c1ccc(-c2ccc(CCCN(C[C@@H](O)c3ccccc3)C(=O)O)cc2)cc1C1CCCC1. The fraction of sp³-hybridized carbons (Fsp3) is 0.355. The first-order valence-corrected chi connectivity index (χ1v) is 15.5. The third-order valence-corrected chi connectivity index (χ3v) is 7.95. The molecule has 3 aromatic carbocycles. The van der Waals surface area contributed by atoms with Gasteiger partial charge in [0.2, 0.25) is 10.0 Å². The van der Waals surface area contributed by atoms with Gasteiger partial charge >= 0.3 is 6.09 Å². The van der Waals surface area contributed by atoms with Crippen molar-refractivity contribution in [3.8, 4) is 11.1 Å². The van der Waals surface area contributed by atoms with Crippen LogP contribution in [0.5, 0.6) is 0 Å². The number of amides is 2. The number of hydrogen-bond donors (Lipinski definition) is 3. The summed E-state index contributed by atoms with van der Waals surface area (Å²) in [6, 6.07) is 22.6. The van der Waals surface area contributed by atoms with Crippen molar-refractivity contribution >= 4 is 22.0 Å². The summed E-state index contributed by atoms with van der Waals surface area (Å²) in [5, 5.41) is 20.0. The molecule has 0 saturated heterocycles. The highest BCUT2D eigenvalue weighted by molar-refractivity contribution is 7.89. The molecule has 0 unspecified atom stereocenters. The van der Waals surface area contributed by atoms with Crippen LogP contribution in [0.4, 0.5) is 4.79 Å².